The Labute approximate surface area is 122 Å². The van der Waals surface area contributed by atoms with Gasteiger partial charge in [0.05, 0.1) is 17.1 Å². The van der Waals surface area contributed by atoms with Gasteiger partial charge < -0.3 is 5.32 Å². The summed E-state index contributed by atoms with van der Waals surface area (Å²) >= 11 is 1.43. The molecule has 1 aromatic heterocycles. The molecule has 0 fully saturated rings. The fourth-order valence-electron chi connectivity index (χ4n) is 2.27. The maximum absolute atomic E-state index is 3.93. The van der Waals surface area contributed by atoms with Crippen molar-refractivity contribution in [3.05, 3.63) is 71.2 Å². The maximum Gasteiger partial charge on any atom is 0.0701 e. The summed E-state index contributed by atoms with van der Waals surface area (Å²) in [5, 5.41) is 7.22. The van der Waals surface area contributed by atoms with Crippen LogP contribution in [0.2, 0.25) is 0 Å². The first-order chi connectivity index (χ1) is 9.88. The molecule has 20 heavy (non-hydrogen) atoms. The molecule has 2 aromatic carbocycles. The van der Waals surface area contributed by atoms with E-state index in [1.807, 2.05) is 19.3 Å². The van der Waals surface area contributed by atoms with Crippen LogP contribution >= 0.6 is 11.5 Å². The first-order valence-electron chi connectivity index (χ1n) is 6.48. The summed E-state index contributed by atoms with van der Waals surface area (Å²) in [4.78, 5) is 1.12. The highest BCUT2D eigenvalue weighted by atomic mass is 32.1. The number of aromatic nitrogens is 2. The first-order valence-corrected chi connectivity index (χ1v) is 7.26. The standard InChI is InChI=1S/C16H15N3S/c1-17-16(15-11-18-19-20-15)14-9-7-13(8-10-14)12-5-3-2-4-6-12/h2-11,16-17H,1H3. The van der Waals surface area contributed by atoms with Crippen LogP contribution in [0.15, 0.2) is 60.8 Å². The van der Waals surface area contributed by atoms with Gasteiger partial charge in [-0.3, -0.25) is 0 Å². The molecule has 100 valence electrons. The number of hydrogen-bond acceptors (Lipinski definition) is 4. The molecule has 1 atom stereocenters. The summed E-state index contributed by atoms with van der Waals surface area (Å²) in [6.45, 7) is 0. The number of nitrogens with one attached hydrogen (secondary N) is 1. The van der Waals surface area contributed by atoms with Crippen LogP contribution in [0.5, 0.6) is 0 Å². The highest BCUT2D eigenvalue weighted by molar-refractivity contribution is 7.05. The minimum atomic E-state index is 0.153. The van der Waals surface area contributed by atoms with Crippen LogP contribution in [0.4, 0.5) is 0 Å². The lowest BCUT2D eigenvalue weighted by atomic mass is 10.0. The highest BCUT2D eigenvalue weighted by Gasteiger charge is 2.14. The zero-order chi connectivity index (χ0) is 13.8. The predicted octanol–water partition coefficient (Wildman–Crippen LogP) is 3.51. The third kappa shape index (κ3) is 2.61. The molecule has 1 N–H and O–H groups in total. The van der Waals surface area contributed by atoms with E-state index in [1.165, 1.54) is 28.2 Å². The Morgan fingerprint density at radius 1 is 0.950 bits per heavy atom. The van der Waals surface area contributed by atoms with Gasteiger partial charge in [-0.1, -0.05) is 59.1 Å². The Balaban J connectivity index is 1.89. The van der Waals surface area contributed by atoms with E-state index in [9.17, 15) is 0 Å². The van der Waals surface area contributed by atoms with E-state index in [1.54, 1.807) is 0 Å². The topological polar surface area (TPSA) is 37.8 Å². The molecule has 3 nitrogen and oxygen atoms in total. The quantitative estimate of drug-likeness (QED) is 0.795. The third-order valence-electron chi connectivity index (χ3n) is 3.30. The van der Waals surface area contributed by atoms with Crippen LogP contribution in [0.1, 0.15) is 16.5 Å². The Kier molecular flexibility index (Phi) is 3.85. The van der Waals surface area contributed by atoms with Crippen LogP contribution in [-0.4, -0.2) is 16.6 Å². The van der Waals surface area contributed by atoms with Gasteiger partial charge in [-0.05, 0) is 35.3 Å². The van der Waals surface area contributed by atoms with Crippen LogP contribution < -0.4 is 5.32 Å². The summed E-state index contributed by atoms with van der Waals surface area (Å²) in [5.41, 5.74) is 3.68. The van der Waals surface area contributed by atoms with Crippen molar-refractivity contribution in [2.24, 2.45) is 0 Å². The van der Waals surface area contributed by atoms with Crippen molar-refractivity contribution in [3.8, 4) is 11.1 Å². The molecule has 3 aromatic rings. The smallest absolute Gasteiger partial charge is 0.0701 e. The maximum atomic E-state index is 3.93. The van der Waals surface area contributed by atoms with Crippen molar-refractivity contribution in [2.75, 3.05) is 7.05 Å². The Hall–Kier alpha value is -2.04. The van der Waals surface area contributed by atoms with Gasteiger partial charge in [0.25, 0.3) is 0 Å². The number of hydrogen-bond donors (Lipinski definition) is 1. The average Bonchev–Trinajstić information content (AvgIpc) is 3.04. The van der Waals surface area contributed by atoms with Crippen molar-refractivity contribution < 1.29 is 0 Å². The second-order valence-electron chi connectivity index (χ2n) is 4.53. The third-order valence-corrected chi connectivity index (χ3v) is 4.03. The molecule has 0 aliphatic rings. The Morgan fingerprint density at radius 2 is 1.65 bits per heavy atom. The van der Waals surface area contributed by atoms with Gasteiger partial charge in [-0.25, -0.2) is 0 Å². The Morgan fingerprint density at radius 3 is 2.25 bits per heavy atom. The van der Waals surface area contributed by atoms with E-state index in [4.69, 9.17) is 0 Å². The molecule has 3 rings (SSSR count). The molecule has 0 saturated heterocycles. The predicted molar refractivity (Wildman–Crippen MR) is 82.7 cm³/mol. The molecular weight excluding hydrogens is 266 g/mol. The van der Waals surface area contributed by atoms with Crippen molar-refractivity contribution in [3.63, 3.8) is 0 Å². The van der Waals surface area contributed by atoms with E-state index in [-0.39, 0.29) is 6.04 Å². The lowest BCUT2D eigenvalue weighted by molar-refractivity contribution is 0.702. The number of nitrogens with zero attached hydrogens (tertiary/aromatic N) is 2. The molecular formula is C16H15N3S. The van der Waals surface area contributed by atoms with Crippen LogP contribution in [0.25, 0.3) is 11.1 Å². The molecule has 1 heterocycles. The number of rotatable bonds is 4. The van der Waals surface area contributed by atoms with E-state index >= 15 is 0 Å². The fourth-order valence-corrected chi connectivity index (χ4v) is 2.92. The summed E-state index contributed by atoms with van der Waals surface area (Å²) in [5.74, 6) is 0. The molecule has 0 saturated carbocycles. The van der Waals surface area contributed by atoms with Crippen molar-refractivity contribution >= 4 is 11.5 Å². The zero-order valence-corrected chi connectivity index (χ0v) is 12.0. The van der Waals surface area contributed by atoms with Crippen LogP contribution in [0, 0.1) is 0 Å². The van der Waals surface area contributed by atoms with Gasteiger partial charge in [0, 0.05) is 0 Å². The minimum absolute atomic E-state index is 0.153. The normalized spacial score (nSPS) is 12.2. The monoisotopic (exact) mass is 281 g/mol. The second kappa shape index (κ2) is 5.94. The molecule has 0 aliphatic carbocycles. The van der Waals surface area contributed by atoms with E-state index in [0.717, 1.165) is 4.88 Å². The van der Waals surface area contributed by atoms with E-state index in [0.29, 0.717) is 0 Å². The zero-order valence-electron chi connectivity index (χ0n) is 11.2. The lowest BCUT2D eigenvalue weighted by Crippen LogP contribution is -2.16. The van der Waals surface area contributed by atoms with Crippen molar-refractivity contribution in [1.82, 2.24) is 14.9 Å². The largest absolute Gasteiger partial charge is 0.309 e. The molecule has 1 unspecified atom stereocenters. The summed E-state index contributed by atoms with van der Waals surface area (Å²) < 4.78 is 3.93. The second-order valence-corrected chi connectivity index (χ2v) is 5.35. The van der Waals surface area contributed by atoms with Gasteiger partial charge >= 0.3 is 0 Å². The fraction of sp³-hybridized carbons (Fsp3) is 0.125. The average molecular weight is 281 g/mol. The van der Waals surface area contributed by atoms with E-state index in [2.05, 4.69) is 63.4 Å². The molecule has 0 spiro atoms. The SMILES string of the molecule is CNC(c1ccc(-c2ccccc2)cc1)c1cnns1. The highest BCUT2D eigenvalue weighted by Crippen LogP contribution is 2.26. The summed E-state index contributed by atoms with van der Waals surface area (Å²) in [6, 6.07) is 19.2. The van der Waals surface area contributed by atoms with Crippen molar-refractivity contribution in [2.45, 2.75) is 6.04 Å². The first kappa shape index (κ1) is 13.0. The summed E-state index contributed by atoms with van der Waals surface area (Å²) in [6.07, 6.45) is 1.82. The van der Waals surface area contributed by atoms with Gasteiger partial charge in [-0.15, -0.1) is 5.10 Å². The molecule has 0 bridgehead atoms. The van der Waals surface area contributed by atoms with Gasteiger partial charge in [-0.2, -0.15) is 0 Å². The van der Waals surface area contributed by atoms with E-state index < -0.39 is 0 Å². The molecule has 0 amide bonds. The molecule has 0 aliphatic heterocycles. The van der Waals surface area contributed by atoms with Gasteiger partial charge in [0.1, 0.15) is 0 Å². The van der Waals surface area contributed by atoms with Crippen LogP contribution in [0.3, 0.4) is 0 Å². The molecule has 4 heteroatoms. The minimum Gasteiger partial charge on any atom is -0.309 e. The van der Waals surface area contributed by atoms with Gasteiger partial charge in [0.15, 0.2) is 0 Å². The van der Waals surface area contributed by atoms with Gasteiger partial charge in [0.2, 0.25) is 0 Å². The number of benzene rings is 2. The van der Waals surface area contributed by atoms with Crippen molar-refractivity contribution in [1.29, 1.82) is 0 Å². The lowest BCUT2D eigenvalue weighted by Gasteiger charge is -2.14. The molecule has 0 radical (unpaired) electrons. The Bertz CT molecular complexity index is 648. The van der Waals surface area contributed by atoms with Crippen LogP contribution in [-0.2, 0) is 0 Å². The summed E-state index contributed by atoms with van der Waals surface area (Å²) in [7, 11) is 1.95.